The minimum absolute atomic E-state index is 0. The summed E-state index contributed by atoms with van der Waals surface area (Å²) < 4.78 is 0. The molecule has 1 rings (SSSR count). The highest BCUT2D eigenvalue weighted by molar-refractivity contribution is 8.93. The Labute approximate surface area is 103 Å². The summed E-state index contributed by atoms with van der Waals surface area (Å²) in [6.45, 7) is 0. The van der Waals surface area contributed by atoms with E-state index in [2.05, 4.69) is 0 Å². The van der Waals surface area contributed by atoms with Gasteiger partial charge in [-0.2, -0.15) is 0 Å². The molecular weight excluding hydrogens is 279 g/mol. The zero-order valence-electron chi connectivity index (χ0n) is 7.88. The third-order valence-corrected chi connectivity index (χ3v) is 2.48. The Morgan fingerprint density at radius 2 is 2.00 bits per heavy atom. The Morgan fingerprint density at radius 1 is 1.40 bits per heavy atom. The number of benzene rings is 1. The van der Waals surface area contributed by atoms with Crippen LogP contribution in [0.4, 0.5) is 0 Å². The fourth-order valence-corrected chi connectivity index (χ4v) is 1.65. The second-order valence-electron chi connectivity index (χ2n) is 2.73. The van der Waals surface area contributed by atoms with Gasteiger partial charge in [0.15, 0.2) is 5.17 Å². The Balaban J connectivity index is 0.00000196. The number of thioether (sulfide) groups is 1. The van der Waals surface area contributed by atoms with E-state index in [0.717, 1.165) is 17.3 Å². The molecule has 1 aromatic carbocycles. The second-order valence-corrected chi connectivity index (χ2v) is 3.74. The van der Waals surface area contributed by atoms with Crippen molar-refractivity contribution < 1.29 is 10.0 Å². The molecule has 0 aliphatic carbocycles. The van der Waals surface area contributed by atoms with Crippen molar-refractivity contribution >= 4 is 46.5 Å². The largest absolute Gasteiger partial charge is 0.488 e. The number of hydrogen-bond donors (Lipinski definition) is 4. The van der Waals surface area contributed by atoms with Crippen molar-refractivity contribution in [2.75, 3.05) is 0 Å². The van der Waals surface area contributed by atoms with Gasteiger partial charge >= 0.3 is 7.12 Å². The van der Waals surface area contributed by atoms with E-state index < -0.39 is 7.12 Å². The molecule has 4 nitrogen and oxygen atoms in total. The molecule has 0 unspecified atom stereocenters. The molecule has 7 heteroatoms. The molecule has 82 valence electrons. The number of hydrogen-bond acceptors (Lipinski definition) is 4. The summed E-state index contributed by atoms with van der Waals surface area (Å²) in [5, 5.41) is 25.1. The van der Waals surface area contributed by atoms with Gasteiger partial charge in [-0.3, -0.25) is 5.41 Å². The molecule has 0 saturated carbocycles. The Hall–Kier alpha value is -0.495. The van der Waals surface area contributed by atoms with E-state index in [-0.39, 0.29) is 22.1 Å². The molecule has 0 atom stereocenters. The third kappa shape index (κ3) is 4.70. The number of nitrogens with two attached hydrogens (primary N) is 1. The van der Waals surface area contributed by atoms with Gasteiger partial charge in [-0.05, 0) is 11.0 Å². The molecule has 0 radical (unpaired) electrons. The van der Waals surface area contributed by atoms with Crippen molar-refractivity contribution in [1.29, 1.82) is 5.41 Å². The van der Waals surface area contributed by atoms with Crippen molar-refractivity contribution in [3.05, 3.63) is 29.8 Å². The van der Waals surface area contributed by atoms with Crippen molar-refractivity contribution in [3.8, 4) is 0 Å². The fraction of sp³-hybridized carbons (Fsp3) is 0.125. The zero-order chi connectivity index (χ0) is 10.6. The summed E-state index contributed by atoms with van der Waals surface area (Å²) in [4.78, 5) is 0. The highest BCUT2D eigenvalue weighted by atomic mass is 79.9. The highest BCUT2D eigenvalue weighted by Crippen LogP contribution is 2.09. The summed E-state index contributed by atoms with van der Waals surface area (Å²) >= 11 is 1.15. The Bertz CT molecular complexity index is 338. The molecule has 0 spiro atoms. The standard InChI is InChI=1S/C8H11BN2O2S.BrH/c10-8(11)14-5-6-3-1-2-4-7(6)9(12)13;/h1-4,12-13H,5H2,(H3,10,11);1H. The normalized spacial score (nSPS) is 9.20. The summed E-state index contributed by atoms with van der Waals surface area (Å²) in [6, 6.07) is 6.96. The molecule has 0 bridgehead atoms. The van der Waals surface area contributed by atoms with Crippen LogP contribution in [0.15, 0.2) is 24.3 Å². The smallest absolute Gasteiger partial charge is 0.423 e. The molecule has 0 fully saturated rings. The maximum absolute atomic E-state index is 9.03. The van der Waals surface area contributed by atoms with Crippen molar-refractivity contribution in [2.24, 2.45) is 5.73 Å². The minimum atomic E-state index is -1.47. The van der Waals surface area contributed by atoms with Gasteiger partial charge < -0.3 is 15.8 Å². The van der Waals surface area contributed by atoms with Crippen molar-refractivity contribution in [2.45, 2.75) is 5.75 Å². The molecule has 0 aliphatic heterocycles. The van der Waals surface area contributed by atoms with Crippen LogP contribution in [0, 0.1) is 5.41 Å². The number of halogens is 1. The van der Waals surface area contributed by atoms with Crippen molar-refractivity contribution in [1.82, 2.24) is 0 Å². The molecule has 1 aromatic rings. The van der Waals surface area contributed by atoms with Crippen LogP contribution >= 0.6 is 28.7 Å². The van der Waals surface area contributed by atoms with Crippen LogP contribution in [0.1, 0.15) is 5.56 Å². The monoisotopic (exact) mass is 290 g/mol. The van der Waals surface area contributed by atoms with Gasteiger partial charge in [-0.1, -0.05) is 36.0 Å². The van der Waals surface area contributed by atoms with Crippen LogP contribution in [0.5, 0.6) is 0 Å². The average Bonchev–Trinajstić information content (AvgIpc) is 2.15. The predicted octanol–water partition coefficient (Wildman–Crippen LogP) is 0.0710. The minimum Gasteiger partial charge on any atom is -0.423 e. The van der Waals surface area contributed by atoms with Crippen LogP contribution in [-0.4, -0.2) is 22.3 Å². The van der Waals surface area contributed by atoms with Gasteiger partial charge in [0.1, 0.15) is 0 Å². The summed E-state index contributed by atoms with van der Waals surface area (Å²) in [7, 11) is -1.47. The van der Waals surface area contributed by atoms with Crippen LogP contribution in [0.2, 0.25) is 0 Å². The van der Waals surface area contributed by atoms with Gasteiger partial charge in [0, 0.05) is 5.75 Å². The quantitative estimate of drug-likeness (QED) is 0.360. The molecule has 5 N–H and O–H groups in total. The van der Waals surface area contributed by atoms with Crippen molar-refractivity contribution in [3.63, 3.8) is 0 Å². The maximum atomic E-state index is 9.03. The second kappa shape index (κ2) is 6.89. The lowest BCUT2D eigenvalue weighted by atomic mass is 9.77. The van der Waals surface area contributed by atoms with Gasteiger partial charge in [0.05, 0.1) is 0 Å². The number of nitrogens with one attached hydrogen (secondary N) is 1. The maximum Gasteiger partial charge on any atom is 0.488 e. The molecule has 0 aliphatic rings. The van der Waals surface area contributed by atoms with Gasteiger partial charge in [-0.15, -0.1) is 17.0 Å². The van der Waals surface area contributed by atoms with E-state index in [0.29, 0.717) is 11.2 Å². The van der Waals surface area contributed by atoms with Crippen LogP contribution in [0.25, 0.3) is 0 Å². The lowest BCUT2D eigenvalue weighted by Crippen LogP contribution is -2.32. The van der Waals surface area contributed by atoms with Crippen LogP contribution in [0.3, 0.4) is 0 Å². The SMILES string of the molecule is Br.N=C(N)SCc1ccccc1B(O)O. The van der Waals surface area contributed by atoms with Gasteiger partial charge in [0.25, 0.3) is 0 Å². The summed E-state index contributed by atoms with van der Waals surface area (Å²) in [5.74, 6) is 0.475. The van der Waals surface area contributed by atoms with E-state index in [1.165, 1.54) is 0 Å². The first-order valence-electron chi connectivity index (χ1n) is 4.02. The lowest BCUT2D eigenvalue weighted by Gasteiger charge is -2.07. The molecular formula is C8H12BBrN2O2S. The Kier molecular flexibility index (Phi) is 6.66. The first-order chi connectivity index (χ1) is 6.61. The number of rotatable bonds is 3. The van der Waals surface area contributed by atoms with E-state index in [4.69, 9.17) is 21.2 Å². The first-order valence-corrected chi connectivity index (χ1v) is 5.00. The highest BCUT2D eigenvalue weighted by Gasteiger charge is 2.14. The van der Waals surface area contributed by atoms with E-state index in [9.17, 15) is 0 Å². The molecule has 0 amide bonds. The average molecular weight is 291 g/mol. The summed E-state index contributed by atoms with van der Waals surface area (Å²) in [5.41, 5.74) is 6.43. The molecule has 0 heterocycles. The molecule has 0 saturated heterocycles. The third-order valence-electron chi connectivity index (χ3n) is 1.72. The molecule has 15 heavy (non-hydrogen) atoms. The summed E-state index contributed by atoms with van der Waals surface area (Å²) in [6.07, 6.45) is 0. The molecule has 0 aromatic heterocycles. The lowest BCUT2D eigenvalue weighted by molar-refractivity contribution is 0.425. The zero-order valence-corrected chi connectivity index (χ0v) is 10.4. The number of amidine groups is 1. The fourth-order valence-electron chi connectivity index (χ4n) is 1.07. The topological polar surface area (TPSA) is 90.3 Å². The predicted molar refractivity (Wildman–Crippen MR) is 69.8 cm³/mol. The van der Waals surface area contributed by atoms with Gasteiger partial charge in [0.2, 0.25) is 0 Å². The van der Waals surface area contributed by atoms with E-state index in [1.54, 1.807) is 18.2 Å². The Morgan fingerprint density at radius 3 is 2.53 bits per heavy atom. The van der Waals surface area contributed by atoms with E-state index in [1.807, 2.05) is 6.07 Å². The van der Waals surface area contributed by atoms with E-state index >= 15 is 0 Å². The van der Waals surface area contributed by atoms with Gasteiger partial charge in [-0.25, -0.2) is 0 Å². The van der Waals surface area contributed by atoms with Crippen LogP contribution in [-0.2, 0) is 5.75 Å². The first kappa shape index (κ1) is 14.5. The van der Waals surface area contributed by atoms with Crippen LogP contribution < -0.4 is 11.2 Å².